The molecule has 0 spiro atoms. The van der Waals surface area contributed by atoms with Gasteiger partial charge in [0.15, 0.2) is 11.6 Å². The van der Waals surface area contributed by atoms with Crippen LogP contribution >= 0.6 is 11.6 Å². The Kier molecular flexibility index (Phi) is 8.73. The molecule has 1 unspecified atom stereocenters. The molecule has 0 aliphatic carbocycles. The van der Waals surface area contributed by atoms with Gasteiger partial charge in [-0.1, -0.05) is 17.7 Å². The molecule has 1 atom stereocenters. The number of benzene rings is 3. The number of methoxy groups -OCH3 is 1. The third kappa shape index (κ3) is 6.45. The van der Waals surface area contributed by atoms with E-state index < -0.39 is 23.1 Å². The summed E-state index contributed by atoms with van der Waals surface area (Å²) in [7, 11) is 3.50. The Bertz CT molecular complexity index is 1780. The summed E-state index contributed by atoms with van der Waals surface area (Å²) in [5.74, 6) is -1.68. The van der Waals surface area contributed by atoms with E-state index in [1.807, 2.05) is 13.1 Å². The summed E-state index contributed by atoms with van der Waals surface area (Å²) in [5, 5.41) is 14.9. The average Bonchev–Trinajstić information content (AvgIpc) is 3.37. The molecular weight excluding hydrogens is 592 g/mol. The second-order valence-electron chi connectivity index (χ2n) is 11.1. The van der Waals surface area contributed by atoms with Gasteiger partial charge in [-0.3, -0.25) is 9.69 Å². The first-order valence-electron chi connectivity index (χ1n) is 13.9. The van der Waals surface area contributed by atoms with E-state index in [4.69, 9.17) is 26.8 Å². The summed E-state index contributed by atoms with van der Waals surface area (Å²) in [5.41, 5.74) is 6.49. The van der Waals surface area contributed by atoms with Crippen LogP contribution in [0.4, 0.5) is 20.3 Å². The highest BCUT2D eigenvalue weighted by Gasteiger charge is 2.26. The molecule has 9 nitrogen and oxygen atoms in total. The fourth-order valence-corrected chi connectivity index (χ4v) is 5.45. The third-order valence-electron chi connectivity index (χ3n) is 7.55. The lowest BCUT2D eigenvalue weighted by atomic mass is 9.95. The van der Waals surface area contributed by atoms with Crippen LogP contribution in [-0.4, -0.2) is 52.6 Å². The van der Waals surface area contributed by atoms with Crippen molar-refractivity contribution in [2.45, 2.75) is 38.3 Å². The van der Waals surface area contributed by atoms with E-state index in [1.165, 1.54) is 25.6 Å². The van der Waals surface area contributed by atoms with Gasteiger partial charge in [0.2, 0.25) is 5.91 Å². The number of carbonyl (C=O) groups is 1. The van der Waals surface area contributed by atoms with Crippen LogP contribution in [0.5, 0.6) is 17.2 Å². The van der Waals surface area contributed by atoms with Gasteiger partial charge in [-0.25, -0.2) is 18.7 Å². The van der Waals surface area contributed by atoms with Crippen molar-refractivity contribution in [1.29, 1.82) is 0 Å². The number of halogens is 3. The van der Waals surface area contributed by atoms with Crippen molar-refractivity contribution >= 4 is 45.5 Å². The number of likely N-dealkylation sites (N-methyl/N-ethyl adjacent to an activating group) is 1. The molecule has 1 aliphatic heterocycles. The number of carbonyl (C=O) groups excluding carboxylic acids is 1. The van der Waals surface area contributed by atoms with Crippen LogP contribution < -0.4 is 20.5 Å². The number of anilines is 2. The van der Waals surface area contributed by atoms with Gasteiger partial charge in [-0.15, -0.1) is 0 Å². The number of nitrogens with two attached hydrogens (primary N) is 1. The maximum Gasteiger partial charge on any atom is 0.249 e. The number of hydrogen-bond donors (Lipinski definition) is 3. The smallest absolute Gasteiger partial charge is 0.249 e. The molecule has 1 aromatic heterocycles. The van der Waals surface area contributed by atoms with E-state index in [0.717, 1.165) is 31.5 Å². The lowest BCUT2D eigenvalue weighted by Gasteiger charge is -2.24. The topological polar surface area (TPSA) is 123 Å². The Hall–Kier alpha value is -4.32. The number of nitrogens with one attached hydrogen (secondary N) is 1. The van der Waals surface area contributed by atoms with Crippen molar-refractivity contribution in [1.82, 2.24) is 14.9 Å². The van der Waals surface area contributed by atoms with Crippen LogP contribution in [0.2, 0.25) is 5.02 Å². The lowest BCUT2D eigenvalue weighted by Crippen LogP contribution is -2.25. The first-order valence-corrected chi connectivity index (χ1v) is 14.2. The van der Waals surface area contributed by atoms with E-state index in [1.54, 1.807) is 26.0 Å². The highest BCUT2D eigenvalue weighted by atomic mass is 35.5. The highest BCUT2D eigenvalue weighted by molar-refractivity contribution is 6.32. The van der Waals surface area contributed by atoms with Gasteiger partial charge < -0.3 is 25.6 Å². The summed E-state index contributed by atoms with van der Waals surface area (Å²) in [6.45, 7) is 4.04. The van der Waals surface area contributed by atoms with Crippen LogP contribution in [0.3, 0.4) is 0 Å². The Morgan fingerprint density at radius 3 is 2.57 bits per heavy atom. The number of likely N-dealkylation sites (tertiary alicyclic amines) is 1. The van der Waals surface area contributed by atoms with E-state index in [0.29, 0.717) is 50.9 Å². The third-order valence-corrected chi connectivity index (χ3v) is 7.84. The van der Waals surface area contributed by atoms with Gasteiger partial charge in [-0.2, -0.15) is 0 Å². The Morgan fingerprint density at radius 2 is 1.93 bits per heavy atom. The molecule has 44 heavy (non-hydrogen) atoms. The number of ether oxygens (including phenoxy) is 2. The first kappa shape index (κ1) is 31.1. The van der Waals surface area contributed by atoms with Gasteiger partial charge in [-0.05, 0) is 70.6 Å². The molecule has 1 saturated heterocycles. The minimum absolute atomic E-state index is 0.0446. The van der Waals surface area contributed by atoms with E-state index in [2.05, 4.69) is 20.2 Å². The zero-order chi connectivity index (χ0) is 31.8. The van der Waals surface area contributed by atoms with E-state index in [9.17, 15) is 18.7 Å². The predicted octanol–water partition coefficient (Wildman–Crippen LogP) is 6.30. The van der Waals surface area contributed by atoms with E-state index >= 15 is 0 Å². The van der Waals surface area contributed by atoms with Gasteiger partial charge >= 0.3 is 0 Å². The molecule has 3 aromatic carbocycles. The molecule has 230 valence electrons. The van der Waals surface area contributed by atoms with Crippen LogP contribution in [0, 0.1) is 11.6 Å². The van der Waals surface area contributed by atoms with Gasteiger partial charge in [0.05, 0.1) is 23.3 Å². The minimum Gasteiger partial charge on any atom is -0.496 e. The fourth-order valence-electron chi connectivity index (χ4n) is 5.25. The maximum absolute atomic E-state index is 14.3. The largest absolute Gasteiger partial charge is 0.496 e. The van der Waals surface area contributed by atoms with Crippen LogP contribution in [0.1, 0.15) is 37.8 Å². The molecule has 0 bridgehead atoms. The standard InChI is InChI=1S/C32H32ClF2N5O4/c1-32(2,42)22-13-29(44-27-8-7-17(34)10-24(27)35)23(33)14-26(22)39-31-21-12-19(28(43-4)15-25(21)37-16-38-31)20(30(36)41)11-18-6-5-9-40(18)3/h7-8,10-16,18,42H,5-6,9H2,1-4H3,(H2,36,41)(H,37,38,39). The number of aromatic nitrogens is 2. The summed E-state index contributed by atoms with van der Waals surface area (Å²) in [6.07, 6.45) is 5.13. The predicted molar refractivity (Wildman–Crippen MR) is 165 cm³/mol. The van der Waals surface area contributed by atoms with Gasteiger partial charge in [0.1, 0.15) is 29.5 Å². The SMILES string of the molecule is COc1cc2ncnc(Nc3cc(Cl)c(Oc4ccc(F)cc4F)cc3C(C)(C)O)c2cc1C(=CC1CCCN1C)C(N)=O. The fraction of sp³-hybridized carbons (Fsp3) is 0.281. The molecule has 12 heteroatoms. The molecule has 0 radical (unpaired) electrons. The van der Waals surface area contributed by atoms with Crippen molar-refractivity contribution in [3.8, 4) is 17.2 Å². The molecule has 5 rings (SSSR count). The normalized spacial score (nSPS) is 15.9. The summed E-state index contributed by atoms with van der Waals surface area (Å²) < 4.78 is 39.0. The lowest BCUT2D eigenvalue weighted by molar-refractivity contribution is -0.112. The number of aliphatic hydroxyl groups is 1. The second-order valence-corrected chi connectivity index (χ2v) is 11.5. The van der Waals surface area contributed by atoms with Crippen LogP contribution in [0.25, 0.3) is 16.5 Å². The van der Waals surface area contributed by atoms with Gasteiger partial charge in [0.25, 0.3) is 0 Å². The molecule has 0 saturated carbocycles. The molecular formula is C32H32ClF2N5O4. The van der Waals surface area contributed by atoms with Crippen molar-refractivity contribution in [2.24, 2.45) is 5.73 Å². The summed E-state index contributed by atoms with van der Waals surface area (Å²) >= 11 is 6.55. The molecule has 1 aliphatic rings. The molecule has 4 aromatic rings. The quantitative estimate of drug-likeness (QED) is 0.186. The monoisotopic (exact) mass is 623 g/mol. The Morgan fingerprint density at radius 1 is 1.16 bits per heavy atom. The molecule has 1 amide bonds. The summed E-state index contributed by atoms with van der Waals surface area (Å²) in [6, 6.07) is 9.37. The van der Waals surface area contributed by atoms with Crippen molar-refractivity contribution < 1.29 is 28.2 Å². The number of fused-ring (bicyclic) bond motifs is 1. The zero-order valence-electron chi connectivity index (χ0n) is 24.6. The number of hydrogen-bond acceptors (Lipinski definition) is 8. The van der Waals surface area contributed by atoms with E-state index in [-0.39, 0.29) is 22.6 Å². The minimum atomic E-state index is -1.42. The summed E-state index contributed by atoms with van der Waals surface area (Å²) in [4.78, 5) is 23.7. The molecule has 1 fully saturated rings. The van der Waals surface area contributed by atoms with Crippen molar-refractivity contribution in [3.05, 3.63) is 82.7 Å². The van der Waals surface area contributed by atoms with Crippen molar-refractivity contribution in [3.63, 3.8) is 0 Å². The number of rotatable bonds is 9. The first-order chi connectivity index (χ1) is 20.8. The Labute approximate surface area is 258 Å². The zero-order valence-corrected chi connectivity index (χ0v) is 25.4. The Balaban J connectivity index is 1.60. The maximum atomic E-state index is 14.3. The molecule has 4 N–H and O–H groups in total. The van der Waals surface area contributed by atoms with Gasteiger partial charge in [0, 0.05) is 45.9 Å². The highest BCUT2D eigenvalue weighted by Crippen LogP contribution is 2.41. The van der Waals surface area contributed by atoms with Crippen LogP contribution in [0.15, 0.2) is 54.9 Å². The second kappa shape index (κ2) is 12.4. The van der Waals surface area contributed by atoms with Crippen LogP contribution in [-0.2, 0) is 10.4 Å². The number of primary amides is 1. The average molecular weight is 624 g/mol. The number of nitrogens with zero attached hydrogens (tertiary/aromatic N) is 3. The molecule has 2 heterocycles. The van der Waals surface area contributed by atoms with Crippen molar-refractivity contribution in [2.75, 3.05) is 26.0 Å². The number of amides is 1.